The Morgan fingerprint density at radius 2 is 1.97 bits per heavy atom. The maximum Gasteiger partial charge on any atom is 0.240 e. The van der Waals surface area contributed by atoms with Crippen molar-refractivity contribution < 1.29 is 9.13 Å². The molecule has 0 saturated heterocycles. The fraction of sp³-hybridized carbons (Fsp3) is 0.105. The normalized spacial score (nSPS) is 11.2. The predicted octanol–water partition coefficient (Wildman–Crippen LogP) is 3.37. The Kier molecular flexibility index (Phi) is 4.24. The van der Waals surface area contributed by atoms with Gasteiger partial charge in [0.15, 0.2) is 17.3 Å². The average Bonchev–Trinajstić information content (AvgIpc) is 3.47. The number of nitrogens with zero attached hydrogens (tertiary/aromatic N) is 7. The van der Waals surface area contributed by atoms with Gasteiger partial charge in [0.1, 0.15) is 18.8 Å². The number of hydrogen-bond donors (Lipinski definition) is 0. The second-order valence-electron chi connectivity index (χ2n) is 6.26. The first-order valence-corrected chi connectivity index (χ1v) is 9.64. The molecule has 0 N–H and O–H groups in total. The van der Waals surface area contributed by atoms with Gasteiger partial charge < -0.3 is 4.74 Å². The zero-order valence-corrected chi connectivity index (χ0v) is 16.0. The van der Waals surface area contributed by atoms with Gasteiger partial charge in [0.05, 0.1) is 5.56 Å². The van der Waals surface area contributed by atoms with E-state index in [4.69, 9.17) is 4.74 Å². The van der Waals surface area contributed by atoms with E-state index in [1.165, 1.54) is 18.5 Å². The van der Waals surface area contributed by atoms with Gasteiger partial charge >= 0.3 is 0 Å². The maximum atomic E-state index is 13.3. The van der Waals surface area contributed by atoms with Gasteiger partial charge in [-0.1, -0.05) is 0 Å². The topological polar surface area (TPSA) is 83.0 Å². The lowest BCUT2D eigenvalue weighted by atomic mass is 10.1. The summed E-state index contributed by atoms with van der Waals surface area (Å²) in [5, 5.41) is 21.2. The predicted molar refractivity (Wildman–Crippen MR) is 105 cm³/mol. The maximum absolute atomic E-state index is 13.3. The van der Waals surface area contributed by atoms with Crippen LogP contribution in [-0.2, 0) is 13.7 Å². The summed E-state index contributed by atoms with van der Waals surface area (Å²) >= 11 is 1.58. The summed E-state index contributed by atoms with van der Waals surface area (Å²) in [6, 6.07) is 9.90. The molecule has 0 unspecified atom stereocenters. The lowest BCUT2D eigenvalue weighted by Gasteiger charge is -2.10. The van der Waals surface area contributed by atoms with Crippen LogP contribution in [0.25, 0.3) is 28.2 Å². The van der Waals surface area contributed by atoms with E-state index in [1.807, 2.05) is 22.9 Å². The van der Waals surface area contributed by atoms with E-state index in [1.54, 1.807) is 39.7 Å². The van der Waals surface area contributed by atoms with Crippen molar-refractivity contribution in [3.05, 3.63) is 65.1 Å². The van der Waals surface area contributed by atoms with Crippen LogP contribution in [0.4, 0.5) is 4.39 Å². The van der Waals surface area contributed by atoms with Crippen molar-refractivity contribution >= 4 is 17.0 Å². The average molecular weight is 407 g/mol. The number of aromatic nitrogens is 7. The van der Waals surface area contributed by atoms with Gasteiger partial charge in [-0.2, -0.15) is 21.0 Å². The van der Waals surface area contributed by atoms with Crippen LogP contribution in [0.15, 0.2) is 53.5 Å². The number of halogens is 1. The highest BCUT2D eigenvalue weighted by Crippen LogP contribution is 2.32. The Labute approximate surface area is 168 Å². The first kappa shape index (κ1) is 17.4. The molecule has 5 rings (SSSR count). The van der Waals surface area contributed by atoms with E-state index >= 15 is 0 Å². The first-order valence-electron chi connectivity index (χ1n) is 8.69. The van der Waals surface area contributed by atoms with Crippen LogP contribution in [0.3, 0.4) is 0 Å². The summed E-state index contributed by atoms with van der Waals surface area (Å²) in [5.41, 5.74) is 3.05. The molecule has 0 aliphatic carbocycles. The van der Waals surface area contributed by atoms with Crippen LogP contribution in [0.1, 0.15) is 5.82 Å². The fourth-order valence-corrected chi connectivity index (χ4v) is 3.57. The molecule has 0 atom stereocenters. The van der Waals surface area contributed by atoms with E-state index in [2.05, 4.69) is 25.4 Å². The second-order valence-corrected chi connectivity index (χ2v) is 7.04. The molecule has 0 radical (unpaired) electrons. The van der Waals surface area contributed by atoms with Crippen LogP contribution in [0.2, 0.25) is 0 Å². The van der Waals surface area contributed by atoms with Crippen molar-refractivity contribution in [1.29, 1.82) is 0 Å². The number of rotatable bonds is 5. The van der Waals surface area contributed by atoms with E-state index in [-0.39, 0.29) is 12.4 Å². The molecular weight excluding hydrogens is 393 g/mol. The van der Waals surface area contributed by atoms with Crippen LogP contribution >= 0.6 is 11.3 Å². The highest BCUT2D eigenvalue weighted by molar-refractivity contribution is 7.08. The van der Waals surface area contributed by atoms with E-state index in [9.17, 15) is 4.39 Å². The highest BCUT2D eigenvalue weighted by atomic mass is 32.1. The summed E-state index contributed by atoms with van der Waals surface area (Å²) < 4.78 is 22.5. The SMILES string of the molecule is Cn1ncnc1COc1nn2c(-c3ccc(F)cc3)nnc2cc1-c1ccsc1. The van der Waals surface area contributed by atoms with Gasteiger partial charge in [-0.15, -0.1) is 15.3 Å². The molecule has 0 saturated carbocycles. The summed E-state index contributed by atoms with van der Waals surface area (Å²) in [5.74, 6) is 1.27. The Hall–Kier alpha value is -3.66. The van der Waals surface area contributed by atoms with E-state index in [0.29, 0.717) is 28.7 Å². The van der Waals surface area contributed by atoms with Crippen LogP contribution in [0.5, 0.6) is 5.88 Å². The third-order valence-corrected chi connectivity index (χ3v) is 5.12. The molecule has 8 nitrogen and oxygen atoms in total. The molecule has 0 aliphatic heterocycles. The molecule has 4 heterocycles. The molecule has 5 aromatic rings. The third-order valence-electron chi connectivity index (χ3n) is 4.44. The molecule has 0 spiro atoms. The smallest absolute Gasteiger partial charge is 0.240 e. The molecule has 0 fully saturated rings. The summed E-state index contributed by atoms with van der Waals surface area (Å²) in [4.78, 5) is 4.18. The quantitative estimate of drug-likeness (QED) is 0.444. The van der Waals surface area contributed by atoms with Crippen LogP contribution < -0.4 is 4.74 Å². The first-order chi connectivity index (χ1) is 14.2. The number of fused-ring (bicyclic) bond motifs is 1. The van der Waals surface area contributed by atoms with Gasteiger partial charge in [-0.25, -0.2) is 9.37 Å². The molecule has 0 amide bonds. The molecule has 10 heteroatoms. The second kappa shape index (κ2) is 7.06. The zero-order valence-electron chi connectivity index (χ0n) is 15.2. The fourth-order valence-electron chi connectivity index (χ4n) is 2.91. The summed E-state index contributed by atoms with van der Waals surface area (Å²) in [6.07, 6.45) is 1.47. The monoisotopic (exact) mass is 407 g/mol. The van der Waals surface area contributed by atoms with Crippen molar-refractivity contribution in [1.82, 2.24) is 34.6 Å². The van der Waals surface area contributed by atoms with Gasteiger partial charge in [0, 0.05) is 12.6 Å². The van der Waals surface area contributed by atoms with Crippen molar-refractivity contribution in [3.8, 4) is 28.4 Å². The number of aryl methyl sites for hydroxylation is 1. The lowest BCUT2D eigenvalue weighted by molar-refractivity contribution is 0.275. The van der Waals surface area contributed by atoms with Crippen LogP contribution in [0, 0.1) is 5.82 Å². The van der Waals surface area contributed by atoms with Gasteiger partial charge in [-0.3, -0.25) is 4.68 Å². The van der Waals surface area contributed by atoms with Crippen molar-refractivity contribution in [2.24, 2.45) is 7.05 Å². The molecule has 0 aliphatic rings. The number of ether oxygens (including phenoxy) is 1. The van der Waals surface area contributed by atoms with Crippen molar-refractivity contribution in [2.45, 2.75) is 6.61 Å². The summed E-state index contributed by atoms with van der Waals surface area (Å²) in [6.45, 7) is 0.208. The van der Waals surface area contributed by atoms with Gasteiger partial charge in [0.25, 0.3) is 0 Å². The van der Waals surface area contributed by atoms with E-state index < -0.39 is 0 Å². The molecule has 0 bridgehead atoms. The third kappa shape index (κ3) is 3.23. The van der Waals surface area contributed by atoms with Crippen molar-refractivity contribution in [2.75, 3.05) is 0 Å². The molecule has 144 valence electrons. The van der Waals surface area contributed by atoms with Gasteiger partial charge in [0.2, 0.25) is 5.88 Å². The standard InChI is InChI=1S/C19H14FN7OS/c1-26-17(21-11-22-26)9-28-19-15(13-6-7-29-10-13)8-16-23-24-18(27(16)25-19)12-2-4-14(20)5-3-12/h2-8,10-11H,9H2,1H3. The minimum absolute atomic E-state index is 0.208. The zero-order chi connectivity index (χ0) is 19.8. The number of hydrogen-bond acceptors (Lipinski definition) is 7. The number of benzene rings is 1. The lowest BCUT2D eigenvalue weighted by Crippen LogP contribution is -2.08. The van der Waals surface area contributed by atoms with E-state index in [0.717, 1.165) is 11.1 Å². The highest BCUT2D eigenvalue weighted by Gasteiger charge is 2.17. The van der Waals surface area contributed by atoms with Crippen molar-refractivity contribution in [3.63, 3.8) is 0 Å². The largest absolute Gasteiger partial charge is 0.468 e. The molecule has 29 heavy (non-hydrogen) atoms. The Morgan fingerprint density at radius 3 is 2.69 bits per heavy atom. The molecular formula is C19H14FN7OS. The Bertz CT molecular complexity index is 1280. The minimum Gasteiger partial charge on any atom is -0.468 e. The minimum atomic E-state index is -0.317. The van der Waals surface area contributed by atoms with Gasteiger partial charge in [-0.05, 0) is 52.7 Å². The summed E-state index contributed by atoms with van der Waals surface area (Å²) in [7, 11) is 1.80. The molecule has 1 aromatic carbocycles. The molecule has 4 aromatic heterocycles. The Balaban J connectivity index is 1.61. The Morgan fingerprint density at radius 1 is 1.10 bits per heavy atom. The van der Waals surface area contributed by atoms with Crippen LogP contribution in [-0.4, -0.2) is 34.6 Å². The number of thiophene rings is 1.